The van der Waals surface area contributed by atoms with Crippen molar-refractivity contribution in [3.63, 3.8) is 0 Å². The van der Waals surface area contributed by atoms with Gasteiger partial charge in [0.1, 0.15) is 11.3 Å². The standard InChI is InChI=1S/C33H48F3N3O4/c1-22(2)28-21-42-32-16-15-26(18-25(32)13-14-29(40)39(28)32)37(19-23-9-11-24(12-10-23)33(34,35)36)20-27-8-6-7-17-38(27)30(41)43-31(3,4)5/h9-12,22,25-28H,6-8,13-21H2,1-5H3/t25-,26+,27?,28-,32-/m1/s1. The van der Waals surface area contributed by atoms with E-state index in [1.54, 1.807) is 12.1 Å². The Morgan fingerprint density at radius 2 is 1.84 bits per heavy atom. The summed E-state index contributed by atoms with van der Waals surface area (Å²) in [6.45, 7) is 12.2. The molecular weight excluding hydrogens is 559 g/mol. The first kappa shape index (κ1) is 32.1. The number of carbonyl (C=O) groups is 2. The maximum Gasteiger partial charge on any atom is 0.416 e. The Morgan fingerprint density at radius 1 is 1.12 bits per heavy atom. The number of alkyl halides is 3. The van der Waals surface area contributed by atoms with Crippen LogP contribution in [0.2, 0.25) is 0 Å². The highest BCUT2D eigenvalue weighted by molar-refractivity contribution is 5.78. The van der Waals surface area contributed by atoms with Crippen molar-refractivity contribution in [1.29, 1.82) is 0 Å². The third kappa shape index (κ3) is 6.85. The van der Waals surface area contributed by atoms with Crippen molar-refractivity contribution in [2.24, 2.45) is 11.8 Å². The molecule has 0 aromatic heterocycles. The van der Waals surface area contributed by atoms with Crippen LogP contribution in [-0.4, -0.2) is 75.8 Å². The molecule has 5 rings (SSSR count). The zero-order valence-corrected chi connectivity index (χ0v) is 26.3. The van der Waals surface area contributed by atoms with Gasteiger partial charge in [-0.15, -0.1) is 0 Å². The summed E-state index contributed by atoms with van der Waals surface area (Å²) in [5, 5.41) is 0. The van der Waals surface area contributed by atoms with E-state index in [1.165, 1.54) is 0 Å². The molecule has 7 nitrogen and oxygen atoms in total. The number of rotatable bonds is 6. The van der Waals surface area contributed by atoms with Crippen LogP contribution in [-0.2, 0) is 27.0 Å². The molecule has 240 valence electrons. The van der Waals surface area contributed by atoms with Crippen molar-refractivity contribution in [1.82, 2.24) is 14.7 Å². The highest BCUT2D eigenvalue weighted by atomic mass is 19.4. The Bertz CT molecular complexity index is 1150. The predicted octanol–water partition coefficient (Wildman–Crippen LogP) is 6.84. The van der Waals surface area contributed by atoms with E-state index in [0.717, 1.165) is 62.6 Å². The lowest BCUT2D eigenvalue weighted by Crippen LogP contribution is -2.63. The summed E-state index contributed by atoms with van der Waals surface area (Å²) >= 11 is 0. The molecule has 10 heteroatoms. The molecule has 0 radical (unpaired) electrons. The molecule has 2 amide bonds. The lowest BCUT2D eigenvalue weighted by molar-refractivity contribution is -0.192. The summed E-state index contributed by atoms with van der Waals surface area (Å²) < 4.78 is 52.2. The first-order valence-corrected chi connectivity index (χ1v) is 16.0. The van der Waals surface area contributed by atoms with E-state index in [0.29, 0.717) is 38.6 Å². The van der Waals surface area contributed by atoms with Crippen molar-refractivity contribution in [3.8, 4) is 0 Å². The number of amides is 2. The fraction of sp³-hybridized carbons (Fsp3) is 0.758. The third-order valence-electron chi connectivity index (χ3n) is 9.90. The van der Waals surface area contributed by atoms with Gasteiger partial charge in [0.15, 0.2) is 0 Å². The van der Waals surface area contributed by atoms with Crippen LogP contribution < -0.4 is 0 Å². The van der Waals surface area contributed by atoms with Crippen LogP contribution in [0.4, 0.5) is 18.0 Å². The topological polar surface area (TPSA) is 62.3 Å². The number of piperidine rings is 2. The summed E-state index contributed by atoms with van der Waals surface area (Å²) in [4.78, 5) is 32.7. The van der Waals surface area contributed by atoms with Crippen LogP contribution in [0.15, 0.2) is 24.3 Å². The highest BCUT2D eigenvalue weighted by Crippen LogP contribution is 2.51. The molecule has 1 saturated carbocycles. The van der Waals surface area contributed by atoms with E-state index in [9.17, 15) is 22.8 Å². The van der Waals surface area contributed by atoms with Gasteiger partial charge in [0.05, 0.1) is 18.2 Å². The van der Waals surface area contributed by atoms with Crippen molar-refractivity contribution >= 4 is 12.0 Å². The van der Waals surface area contributed by atoms with E-state index < -0.39 is 23.1 Å². The van der Waals surface area contributed by atoms with E-state index >= 15 is 0 Å². The van der Waals surface area contributed by atoms with Crippen molar-refractivity contribution < 1.29 is 32.2 Å². The Hall–Kier alpha value is -2.33. The highest BCUT2D eigenvalue weighted by Gasteiger charge is 2.59. The molecular formula is C33H48F3N3O4. The summed E-state index contributed by atoms with van der Waals surface area (Å²) in [7, 11) is 0. The van der Waals surface area contributed by atoms with E-state index in [-0.39, 0.29) is 36.0 Å². The number of likely N-dealkylation sites (tertiary alicyclic amines) is 1. The minimum absolute atomic E-state index is 0.0496. The summed E-state index contributed by atoms with van der Waals surface area (Å²) in [5.74, 6) is 0.681. The van der Waals surface area contributed by atoms with Gasteiger partial charge in [-0.1, -0.05) is 26.0 Å². The molecule has 1 aromatic carbocycles. The summed E-state index contributed by atoms with van der Waals surface area (Å²) in [6.07, 6.45) is 1.76. The molecule has 0 N–H and O–H groups in total. The molecule has 3 saturated heterocycles. The average Bonchev–Trinajstić information content (AvgIpc) is 3.33. The Balaban J connectivity index is 1.39. The van der Waals surface area contributed by atoms with Crippen LogP contribution in [0.25, 0.3) is 0 Å². The van der Waals surface area contributed by atoms with Gasteiger partial charge in [0, 0.05) is 44.1 Å². The molecule has 1 spiro atoms. The monoisotopic (exact) mass is 607 g/mol. The molecule has 3 heterocycles. The number of hydrogen-bond acceptors (Lipinski definition) is 5. The second-order valence-electron chi connectivity index (χ2n) is 14.3. The Kier molecular flexibility index (Phi) is 9.12. The molecule has 4 aliphatic rings. The van der Waals surface area contributed by atoms with E-state index in [4.69, 9.17) is 9.47 Å². The van der Waals surface area contributed by atoms with Gasteiger partial charge < -0.3 is 19.3 Å². The molecule has 1 unspecified atom stereocenters. The second-order valence-corrected chi connectivity index (χ2v) is 14.3. The second kappa shape index (κ2) is 12.2. The molecule has 1 aliphatic carbocycles. The first-order valence-electron chi connectivity index (χ1n) is 16.0. The third-order valence-corrected chi connectivity index (χ3v) is 9.90. The Labute approximate surface area is 254 Å². The maximum absolute atomic E-state index is 13.3. The van der Waals surface area contributed by atoms with Gasteiger partial charge >= 0.3 is 12.3 Å². The minimum Gasteiger partial charge on any atom is -0.444 e. The number of halogens is 3. The SMILES string of the molecule is CC(C)[C@H]1CO[C@]23CC[C@H](N(Cc4ccc(C(F)(F)F)cc4)CC4CCCCN4C(=O)OC(C)(C)C)C[C@H]2CCC(=O)N13. The van der Waals surface area contributed by atoms with Crippen LogP contribution in [0.3, 0.4) is 0 Å². The molecule has 0 bridgehead atoms. The molecule has 5 atom stereocenters. The van der Waals surface area contributed by atoms with Crippen LogP contribution in [0.1, 0.15) is 97.1 Å². The van der Waals surface area contributed by atoms with Crippen LogP contribution in [0.5, 0.6) is 0 Å². The number of nitrogens with zero attached hydrogens (tertiary/aromatic N) is 3. The summed E-state index contributed by atoms with van der Waals surface area (Å²) in [5.41, 5.74) is -1.01. The van der Waals surface area contributed by atoms with Gasteiger partial charge in [-0.3, -0.25) is 9.69 Å². The van der Waals surface area contributed by atoms with E-state index in [1.807, 2.05) is 25.7 Å². The smallest absolute Gasteiger partial charge is 0.416 e. The molecule has 4 fully saturated rings. The average molecular weight is 608 g/mol. The summed E-state index contributed by atoms with van der Waals surface area (Å²) in [6, 6.07) is 5.63. The minimum atomic E-state index is -4.38. The molecule has 1 aromatic rings. The number of benzene rings is 1. The van der Waals surface area contributed by atoms with Gasteiger partial charge in [0.2, 0.25) is 5.91 Å². The van der Waals surface area contributed by atoms with Crippen LogP contribution in [0, 0.1) is 11.8 Å². The van der Waals surface area contributed by atoms with Crippen LogP contribution >= 0.6 is 0 Å². The van der Waals surface area contributed by atoms with E-state index in [2.05, 4.69) is 23.6 Å². The molecule has 43 heavy (non-hydrogen) atoms. The predicted molar refractivity (Wildman–Crippen MR) is 157 cm³/mol. The van der Waals surface area contributed by atoms with Crippen molar-refractivity contribution in [2.75, 3.05) is 19.7 Å². The fourth-order valence-corrected chi connectivity index (χ4v) is 7.75. The van der Waals surface area contributed by atoms with Gasteiger partial charge in [0.25, 0.3) is 0 Å². The maximum atomic E-state index is 13.3. The fourth-order valence-electron chi connectivity index (χ4n) is 7.75. The molecule has 3 aliphatic heterocycles. The Morgan fingerprint density at radius 3 is 2.49 bits per heavy atom. The number of ether oxygens (including phenoxy) is 2. The van der Waals surface area contributed by atoms with Gasteiger partial charge in [-0.05, 0) is 89.3 Å². The largest absolute Gasteiger partial charge is 0.444 e. The lowest BCUT2D eigenvalue weighted by Gasteiger charge is -2.54. The number of carbonyl (C=O) groups excluding carboxylic acids is 2. The van der Waals surface area contributed by atoms with Crippen molar-refractivity contribution in [2.45, 2.75) is 128 Å². The number of hydrogen-bond donors (Lipinski definition) is 0. The van der Waals surface area contributed by atoms with Gasteiger partial charge in [-0.2, -0.15) is 13.2 Å². The normalized spacial score (nSPS) is 30.0. The lowest BCUT2D eigenvalue weighted by atomic mass is 9.72. The van der Waals surface area contributed by atoms with Gasteiger partial charge in [-0.25, -0.2) is 4.79 Å². The quantitative estimate of drug-likeness (QED) is 0.355. The zero-order chi connectivity index (χ0) is 31.2. The zero-order valence-electron chi connectivity index (χ0n) is 26.3. The van der Waals surface area contributed by atoms with Crippen molar-refractivity contribution in [3.05, 3.63) is 35.4 Å². The first-order chi connectivity index (χ1) is 20.2.